The minimum absolute atomic E-state index is 0.186. The Morgan fingerprint density at radius 2 is 1.17 bits per heavy atom. The summed E-state index contributed by atoms with van der Waals surface area (Å²) < 4.78 is 0. The van der Waals surface area contributed by atoms with Crippen LogP contribution in [0.4, 0.5) is 0 Å². The van der Waals surface area contributed by atoms with Gasteiger partial charge in [-0.1, -0.05) is 96.1 Å². The van der Waals surface area contributed by atoms with Gasteiger partial charge in [0, 0.05) is 4.91 Å². The fourth-order valence-corrected chi connectivity index (χ4v) is 8.21. The van der Waals surface area contributed by atoms with E-state index in [9.17, 15) is 9.59 Å². The number of ketones is 2. The Bertz CT molecular complexity index is 1050. The van der Waals surface area contributed by atoms with Crippen molar-refractivity contribution in [3.8, 4) is 0 Å². The van der Waals surface area contributed by atoms with Gasteiger partial charge in [-0.3, -0.25) is 9.59 Å². The second-order valence-electron chi connectivity index (χ2n) is 6.83. The van der Waals surface area contributed by atoms with E-state index >= 15 is 0 Å². The second kappa shape index (κ2) is 9.41. The van der Waals surface area contributed by atoms with E-state index in [0.29, 0.717) is 0 Å². The molecule has 3 aromatic carbocycles. The zero-order chi connectivity index (χ0) is 21.6. The van der Waals surface area contributed by atoms with Crippen molar-refractivity contribution in [1.29, 1.82) is 0 Å². The number of carbonyl (C=O) groups is 2. The van der Waals surface area contributed by atoms with Crippen LogP contribution < -0.4 is 15.9 Å². The molecular weight excluding hydrogens is 393 g/mol. The van der Waals surface area contributed by atoms with E-state index < -0.39 is 18.7 Å². The van der Waals surface area contributed by atoms with Crippen LogP contribution in [0.5, 0.6) is 0 Å². The Hall–Kier alpha value is -3.39. The topological polar surface area (TPSA) is 82.9 Å². The lowest BCUT2D eigenvalue weighted by Crippen LogP contribution is -2.39. The first-order valence-electron chi connectivity index (χ1n) is 9.56. The van der Waals surface area contributed by atoms with E-state index in [4.69, 9.17) is 5.53 Å². The van der Waals surface area contributed by atoms with Gasteiger partial charge in [-0.15, -0.1) is 0 Å². The molecule has 3 rings (SSSR count). The van der Waals surface area contributed by atoms with Crippen LogP contribution in [0.15, 0.2) is 96.1 Å². The molecule has 0 amide bonds. The molecule has 0 aliphatic heterocycles. The first-order valence-corrected chi connectivity index (χ1v) is 11.3. The summed E-state index contributed by atoms with van der Waals surface area (Å²) in [4.78, 5) is 29.4. The first kappa shape index (κ1) is 21.3. The Labute approximate surface area is 176 Å². The van der Waals surface area contributed by atoms with Gasteiger partial charge in [0.25, 0.3) is 0 Å². The number of hydrogen-bond donors (Lipinski definition) is 0. The van der Waals surface area contributed by atoms with Gasteiger partial charge in [-0.25, -0.2) is 0 Å². The predicted octanol–water partition coefficient (Wildman–Crippen LogP) is 4.01. The third-order valence-electron chi connectivity index (χ3n) is 4.94. The molecule has 0 spiro atoms. The van der Waals surface area contributed by atoms with E-state index in [1.807, 2.05) is 91.0 Å². The van der Waals surface area contributed by atoms with E-state index in [2.05, 4.69) is 10.0 Å². The van der Waals surface area contributed by atoms with Gasteiger partial charge in [-0.05, 0) is 42.2 Å². The number of hydrogen-bond acceptors (Lipinski definition) is 3. The van der Waals surface area contributed by atoms with Crippen molar-refractivity contribution in [3.05, 3.63) is 101 Å². The summed E-state index contributed by atoms with van der Waals surface area (Å²) in [6.45, 7) is 0.126. The molecule has 0 saturated carbocycles. The van der Waals surface area contributed by atoms with Crippen LogP contribution in [0, 0.1) is 0 Å². The van der Waals surface area contributed by atoms with Gasteiger partial charge in [0.05, 0.1) is 11.3 Å². The fraction of sp³-hybridized carbons (Fsp3) is 0.125. The monoisotopic (exact) mass is 415 g/mol. The van der Waals surface area contributed by atoms with Crippen molar-refractivity contribution >= 4 is 39.7 Å². The number of Topliss-reactive ketones (excluding diaryl/α,β-unsaturated/α-hetero) is 2. The molecule has 0 aliphatic carbocycles. The molecule has 0 heterocycles. The van der Waals surface area contributed by atoms with Crippen molar-refractivity contribution in [3.63, 3.8) is 0 Å². The normalized spacial score (nSPS) is 11.8. The lowest BCUT2D eigenvalue weighted by molar-refractivity contribution is -0.116. The molecule has 30 heavy (non-hydrogen) atoms. The molecule has 6 heteroatoms. The summed E-state index contributed by atoms with van der Waals surface area (Å²) in [6.07, 6.45) is 0. The smallest absolute Gasteiger partial charge is 0.176 e. The van der Waals surface area contributed by atoms with E-state index in [1.165, 1.54) is 13.8 Å². The molecule has 0 saturated heterocycles. The number of carbonyl (C=O) groups excluding carboxylic acids is 2. The molecule has 0 radical (unpaired) electrons. The van der Waals surface area contributed by atoms with Crippen LogP contribution in [0.2, 0.25) is 0 Å². The summed E-state index contributed by atoms with van der Waals surface area (Å²) >= 11 is 0. The zero-order valence-corrected chi connectivity index (χ0v) is 17.7. The van der Waals surface area contributed by atoms with Crippen LogP contribution in [0.25, 0.3) is 10.4 Å². The van der Waals surface area contributed by atoms with Crippen LogP contribution >= 0.6 is 6.89 Å². The quantitative estimate of drug-likeness (QED) is 0.192. The zero-order valence-electron chi connectivity index (χ0n) is 16.8. The highest BCUT2D eigenvalue weighted by atomic mass is 31.2. The summed E-state index contributed by atoms with van der Waals surface area (Å²) in [5.74, 6) is -0.755. The summed E-state index contributed by atoms with van der Waals surface area (Å²) in [6, 6.07) is 28.0. The second-order valence-corrected chi connectivity index (χ2v) is 10.2. The largest absolute Gasteiger partial charge is 0.294 e. The number of benzene rings is 3. The van der Waals surface area contributed by atoms with Crippen LogP contribution in [0.3, 0.4) is 0 Å². The maximum absolute atomic E-state index is 13.5. The van der Waals surface area contributed by atoms with E-state index in [0.717, 1.165) is 15.9 Å². The molecule has 0 N–H and O–H groups in total. The minimum atomic E-state index is -2.82. The van der Waals surface area contributed by atoms with Crippen molar-refractivity contribution in [1.82, 2.24) is 0 Å². The number of azide groups is 1. The van der Waals surface area contributed by atoms with Crippen molar-refractivity contribution in [2.24, 2.45) is 5.11 Å². The molecule has 3 aromatic rings. The van der Waals surface area contributed by atoms with Gasteiger partial charge < -0.3 is 0 Å². The number of nitrogens with zero attached hydrogens (tertiary/aromatic N) is 3. The van der Waals surface area contributed by atoms with Crippen molar-refractivity contribution in [2.45, 2.75) is 19.9 Å². The van der Waals surface area contributed by atoms with E-state index in [1.54, 1.807) is 0 Å². The molecule has 0 aliphatic rings. The minimum Gasteiger partial charge on any atom is -0.294 e. The molecule has 0 fully saturated rings. The number of rotatable bonds is 7. The third kappa shape index (κ3) is 3.86. The van der Waals surface area contributed by atoms with Crippen LogP contribution in [-0.4, -0.2) is 22.9 Å². The van der Waals surface area contributed by atoms with Gasteiger partial charge in [0.15, 0.2) is 11.6 Å². The van der Waals surface area contributed by atoms with Gasteiger partial charge >= 0.3 is 0 Å². The van der Waals surface area contributed by atoms with Crippen LogP contribution in [-0.2, 0) is 9.59 Å². The molecule has 150 valence electrons. The van der Waals surface area contributed by atoms with Crippen molar-refractivity contribution < 1.29 is 9.59 Å². The Balaban J connectivity index is 2.63. The van der Waals surface area contributed by atoms with Crippen LogP contribution in [0.1, 0.15) is 13.8 Å². The Morgan fingerprint density at radius 1 is 0.800 bits per heavy atom. The van der Waals surface area contributed by atoms with E-state index in [-0.39, 0.29) is 11.1 Å². The lowest BCUT2D eigenvalue weighted by Gasteiger charge is -2.32. The molecule has 5 nitrogen and oxygen atoms in total. The third-order valence-corrected chi connectivity index (χ3v) is 9.36. The standard InChI is InChI=1S/C24H22N3O2P/c1-18(26-27-25)23(29)24(19(2)28)30(20-12-6-3-7-13-20,21-14-8-4-9-15-21)22-16-10-5-11-17-22/h3-18H,1-2H3. The molecule has 0 bridgehead atoms. The summed E-state index contributed by atoms with van der Waals surface area (Å²) in [5, 5.41) is 6.48. The van der Waals surface area contributed by atoms with Gasteiger partial charge in [0.1, 0.15) is 0 Å². The average molecular weight is 415 g/mol. The summed E-state index contributed by atoms with van der Waals surface area (Å²) in [7, 11) is 0. The Morgan fingerprint density at radius 3 is 1.47 bits per heavy atom. The first-order chi connectivity index (χ1) is 14.5. The SMILES string of the molecule is CC(=O)C(C(=O)C(C)N=[N+]=[N-])=P(c1ccccc1)(c1ccccc1)c1ccccc1. The Kier molecular flexibility index (Phi) is 6.68. The van der Waals surface area contributed by atoms with Crippen molar-refractivity contribution in [2.75, 3.05) is 0 Å². The highest BCUT2D eigenvalue weighted by Gasteiger charge is 2.36. The highest BCUT2D eigenvalue weighted by molar-refractivity contribution is 7.97. The molecule has 0 aromatic heterocycles. The molecular formula is C24H22N3O2P. The average Bonchev–Trinajstić information content (AvgIpc) is 2.78. The maximum Gasteiger partial charge on any atom is 0.176 e. The van der Waals surface area contributed by atoms with Gasteiger partial charge in [0.2, 0.25) is 0 Å². The molecule has 1 unspecified atom stereocenters. The lowest BCUT2D eigenvalue weighted by atomic mass is 10.1. The van der Waals surface area contributed by atoms with Gasteiger partial charge in [-0.2, -0.15) is 0 Å². The predicted molar refractivity (Wildman–Crippen MR) is 124 cm³/mol. The highest BCUT2D eigenvalue weighted by Crippen LogP contribution is 2.46. The molecule has 1 atom stereocenters. The fourth-order valence-electron chi connectivity index (χ4n) is 3.69. The maximum atomic E-state index is 13.5. The summed E-state index contributed by atoms with van der Waals surface area (Å²) in [5.41, 5.74) is 8.88.